The first-order chi connectivity index (χ1) is 5.33. The minimum Gasteiger partial charge on any atom is -0.384 e. The fraction of sp³-hybridized carbons (Fsp3) is 0.429. The van der Waals surface area contributed by atoms with Gasteiger partial charge in [0.25, 0.3) is 0 Å². The second kappa shape index (κ2) is 4.18. The number of hydrogen-bond acceptors (Lipinski definition) is 4. The number of anilines is 1. The van der Waals surface area contributed by atoms with Gasteiger partial charge in [0.1, 0.15) is 11.6 Å². The van der Waals surface area contributed by atoms with Gasteiger partial charge in [-0.25, -0.2) is 9.97 Å². The lowest BCUT2D eigenvalue weighted by molar-refractivity contribution is 1.04. The Bertz CT molecular complexity index is 227. The number of thioether (sulfide) groups is 1. The van der Waals surface area contributed by atoms with E-state index in [1.165, 1.54) is 0 Å². The zero-order valence-corrected chi connectivity index (χ0v) is 7.27. The molecule has 60 valence electrons. The van der Waals surface area contributed by atoms with Crippen molar-refractivity contribution in [3.63, 3.8) is 0 Å². The quantitative estimate of drug-likeness (QED) is 0.741. The second-order valence-corrected chi connectivity index (χ2v) is 3.31. The van der Waals surface area contributed by atoms with Crippen molar-refractivity contribution in [2.75, 3.05) is 11.5 Å². The van der Waals surface area contributed by atoms with E-state index in [1.807, 2.05) is 0 Å². The molecule has 0 aromatic carbocycles. The Morgan fingerprint density at radius 3 is 3.09 bits per heavy atom. The molecule has 0 aliphatic heterocycles. The Balaban J connectivity index is 2.56. The lowest BCUT2D eigenvalue weighted by Crippen LogP contribution is -1.96. The van der Waals surface area contributed by atoms with Crippen molar-refractivity contribution >= 4 is 17.6 Å². The summed E-state index contributed by atoms with van der Waals surface area (Å²) in [7, 11) is 0. The third-order valence-corrected chi connectivity index (χ3v) is 2.03. The van der Waals surface area contributed by atoms with Gasteiger partial charge in [-0.15, -0.1) is 0 Å². The summed E-state index contributed by atoms with van der Waals surface area (Å²) in [6.07, 6.45) is 1.69. The van der Waals surface area contributed by atoms with Gasteiger partial charge in [-0.05, 0) is 11.8 Å². The van der Waals surface area contributed by atoms with Gasteiger partial charge in [0.15, 0.2) is 0 Å². The topological polar surface area (TPSA) is 51.8 Å². The van der Waals surface area contributed by atoms with Crippen LogP contribution >= 0.6 is 11.8 Å². The van der Waals surface area contributed by atoms with Gasteiger partial charge in [0, 0.05) is 6.20 Å². The second-order valence-electron chi connectivity index (χ2n) is 2.03. The van der Waals surface area contributed by atoms with Crippen LogP contribution < -0.4 is 5.73 Å². The van der Waals surface area contributed by atoms with E-state index < -0.39 is 0 Å². The molecule has 0 radical (unpaired) electrons. The molecular weight excluding hydrogens is 158 g/mol. The van der Waals surface area contributed by atoms with E-state index in [4.69, 9.17) is 5.73 Å². The molecule has 0 aliphatic rings. The molecule has 0 atom stereocenters. The van der Waals surface area contributed by atoms with E-state index >= 15 is 0 Å². The van der Waals surface area contributed by atoms with Crippen molar-refractivity contribution in [1.29, 1.82) is 0 Å². The number of nitrogen functional groups attached to an aromatic ring is 1. The predicted molar refractivity (Wildman–Crippen MR) is 48.3 cm³/mol. The highest BCUT2D eigenvalue weighted by molar-refractivity contribution is 7.98. The molecule has 11 heavy (non-hydrogen) atoms. The zero-order valence-electron chi connectivity index (χ0n) is 6.45. The van der Waals surface area contributed by atoms with Gasteiger partial charge in [0.2, 0.25) is 0 Å². The molecule has 0 fully saturated rings. The first-order valence-electron chi connectivity index (χ1n) is 3.48. The van der Waals surface area contributed by atoms with Crippen LogP contribution in [0.15, 0.2) is 12.3 Å². The van der Waals surface area contributed by atoms with E-state index in [9.17, 15) is 0 Å². The normalized spacial score (nSPS) is 9.91. The van der Waals surface area contributed by atoms with Crippen molar-refractivity contribution in [1.82, 2.24) is 9.97 Å². The van der Waals surface area contributed by atoms with Gasteiger partial charge in [-0.1, -0.05) is 6.92 Å². The van der Waals surface area contributed by atoms with Gasteiger partial charge < -0.3 is 5.73 Å². The van der Waals surface area contributed by atoms with Crippen LogP contribution in [0.4, 0.5) is 5.82 Å². The van der Waals surface area contributed by atoms with Crippen LogP contribution in [0, 0.1) is 0 Å². The molecule has 3 nitrogen and oxygen atoms in total. The molecule has 0 amide bonds. The molecule has 0 spiro atoms. The van der Waals surface area contributed by atoms with Gasteiger partial charge in [-0.3, -0.25) is 0 Å². The lowest BCUT2D eigenvalue weighted by Gasteiger charge is -1.97. The van der Waals surface area contributed by atoms with Crippen molar-refractivity contribution in [2.45, 2.75) is 12.7 Å². The molecule has 1 heterocycles. The number of nitrogens with two attached hydrogens (primary N) is 1. The van der Waals surface area contributed by atoms with Crippen molar-refractivity contribution in [3.05, 3.63) is 18.1 Å². The van der Waals surface area contributed by atoms with Crippen LogP contribution in [0.25, 0.3) is 0 Å². The van der Waals surface area contributed by atoms with Crippen LogP contribution in [-0.4, -0.2) is 15.7 Å². The van der Waals surface area contributed by atoms with Crippen LogP contribution in [0.1, 0.15) is 12.7 Å². The fourth-order valence-electron chi connectivity index (χ4n) is 0.678. The van der Waals surface area contributed by atoms with Gasteiger partial charge in [-0.2, -0.15) is 11.8 Å². The van der Waals surface area contributed by atoms with Gasteiger partial charge >= 0.3 is 0 Å². The first-order valence-corrected chi connectivity index (χ1v) is 4.63. The molecule has 2 N–H and O–H groups in total. The minimum atomic E-state index is 0.548. The molecule has 0 saturated heterocycles. The number of hydrogen-bond donors (Lipinski definition) is 1. The maximum atomic E-state index is 5.47. The molecule has 1 aromatic heterocycles. The van der Waals surface area contributed by atoms with E-state index in [-0.39, 0.29) is 0 Å². The Morgan fingerprint density at radius 2 is 2.45 bits per heavy atom. The summed E-state index contributed by atoms with van der Waals surface area (Å²) in [6, 6.07) is 1.69. The number of aromatic nitrogens is 2. The molecule has 1 aromatic rings. The number of nitrogens with zero attached hydrogens (tertiary/aromatic N) is 2. The molecule has 0 aliphatic carbocycles. The van der Waals surface area contributed by atoms with Crippen LogP contribution in [0.5, 0.6) is 0 Å². The third-order valence-electron chi connectivity index (χ3n) is 1.16. The van der Waals surface area contributed by atoms with Gasteiger partial charge in [0.05, 0.1) is 5.75 Å². The summed E-state index contributed by atoms with van der Waals surface area (Å²) in [4.78, 5) is 8.12. The van der Waals surface area contributed by atoms with Crippen LogP contribution in [0.3, 0.4) is 0 Å². The Hall–Kier alpha value is -0.770. The average Bonchev–Trinajstić information content (AvgIpc) is 2.01. The monoisotopic (exact) mass is 169 g/mol. The zero-order chi connectivity index (χ0) is 8.10. The van der Waals surface area contributed by atoms with E-state index in [2.05, 4.69) is 16.9 Å². The summed E-state index contributed by atoms with van der Waals surface area (Å²) in [5.41, 5.74) is 5.47. The molecule has 0 unspecified atom stereocenters. The average molecular weight is 169 g/mol. The minimum absolute atomic E-state index is 0.548. The van der Waals surface area contributed by atoms with Crippen molar-refractivity contribution in [3.8, 4) is 0 Å². The van der Waals surface area contributed by atoms with Crippen LogP contribution in [0.2, 0.25) is 0 Å². The fourth-order valence-corrected chi connectivity index (χ4v) is 1.20. The van der Waals surface area contributed by atoms with E-state index in [0.29, 0.717) is 5.82 Å². The predicted octanol–water partition coefficient (Wildman–Crippen LogP) is 1.31. The summed E-state index contributed by atoms with van der Waals surface area (Å²) in [5, 5.41) is 0. The van der Waals surface area contributed by atoms with E-state index in [1.54, 1.807) is 24.0 Å². The van der Waals surface area contributed by atoms with Crippen LogP contribution in [-0.2, 0) is 5.75 Å². The summed E-state index contributed by atoms with van der Waals surface area (Å²) < 4.78 is 0. The maximum Gasteiger partial charge on any atom is 0.140 e. The third kappa shape index (κ3) is 2.76. The van der Waals surface area contributed by atoms with E-state index in [0.717, 1.165) is 17.3 Å². The molecule has 0 bridgehead atoms. The summed E-state index contributed by atoms with van der Waals surface area (Å²) in [5.74, 6) is 3.29. The summed E-state index contributed by atoms with van der Waals surface area (Å²) >= 11 is 1.79. The first kappa shape index (κ1) is 8.33. The largest absolute Gasteiger partial charge is 0.384 e. The van der Waals surface area contributed by atoms with Crippen molar-refractivity contribution < 1.29 is 0 Å². The maximum absolute atomic E-state index is 5.47. The molecule has 0 saturated carbocycles. The molecule has 4 heteroatoms. The molecule has 1 rings (SSSR count). The Morgan fingerprint density at radius 1 is 1.64 bits per heavy atom. The Kier molecular flexibility index (Phi) is 3.16. The molecular formula is C7H11N3S. The highest BCUT2D eigenvalue weighted by atomic mass is 32.2. The summed E-state index contributed by atoms with van der Waals surface area (Å²) in [6.45, 7) is 2.11. The smallest absolute Gasteiger partial charge is 0.140 e. The Labute approximate surface area is 70.4 Å². The SMILES string of the molecule is CCSCc1nccc(N)n1. The lowest BCUT2D eigenvalue weighted by atomic mass is 10.5. The van der Waals surface area contributed by atoms with Crippen molar-refractivity contribution in [2.24, 2.45) is 0 Å². The standard InChI is InChI=1S/C7H11N3S/c1-2-11-5-7-9-4-3-6(8)10-7/h3-4H,2,5H2,1H3,(H2,8,9,10). The highest BCUT2D eigenvalue weighted by Gasteiger charge is 1.94. The highest BCUT2D eigenvalue weighted by Crippen LogP contribution is 2.07. The number of rotatable bonds is 3.